The first-order chi connectivity index (χ1) is 18.9. The predicted octanol–water partition coefficient (Wildman–Crippen LogP) is 5.24. The van der Waals surface area contributed by atoms with Crippen molar-refractivity contribution < 1.29 is 18.8 Å². The Balaban J connectivity index is 1.56. The summed E-state index contributed by atoms with van der Waals surface area (Å²) in [7, 11) is 0. The normalized spacial score (nSPS) is 14.8. The molecule has 0 saturated carbocycles. The number of nitrogens with zero attached hydrogens (tertiary/aromatic N) is 1. The minimum atomic E-state index is -0.701. The minimum absolute atomic E-state index is 0.168. The van der Waals surface area contributed by atoms with Gasteiger partial charge in [-0.05, 0) is 53.8 Å². The third-order valence-electron chi connectivity index (χ3n) is 6.39. The van der Waals surface area contributed by atoms with E-state index in [-0.39, 0.29) is 30.2 Å². The number of halogens is 1. The number of amides is 4. The number of urea groups is 1. The Bertz CT molecular complexity index is 1330. The molecule has 0 unspecified atom stereocenters. The van der Waals surface area contributed by atoms with Crippen molar-refractivity contribution in [2.45, 2.75) is 50.7 Å². The Labute approximate surface area is 232 Å². The van der Waals surface area contributed by atoms with Crippen LogP contribution in [0.15, 0.2) is 71.6 Å². The van der Waals surface area contributed by atoms with Crippen LogP contribution >= 0.6 is 11.8 Å². The third-order valence-corrected chi connectivity index (χ3v) is 7.53. The van der Waals surface area contributed by atoms with Crippen molar-refractivity contribution in [1.29, 1.82) is 0 Å². The molecule has 1 heterocycles. The lowest BCUT2D eigenvalue weighted by Gasteiger charge is -2.26. The van der Waals surface area contributed by atoms with Crippen molar-refractivity contribution in [1.82, 2.24) is 16.0 Å². The number of anilines is 1. The maximum absolute atomic E-state index is 14.0. The molecule has 3 aromatic rings. The monoisotopic (exact) mass is 548 g/mol. The molecular weight excluding hydrogens is 515 g/mol. The highest BCUT2D eigenvalue weighted by atomic mass is 32.2. The summed E-state index contributed by atoms with van der Waals surface area (Å²) >= 11 is 1.37. The van der Waals surface area contributed by atoms with E-state index in [9.17, 15) is 18.8 Å². The Morgan fingerprint density at radius 2 is 1.79 bits per heavy atom. The van der Waals surface area contributed by atoms with Gasteiger partial charge in [0.05, 0.1) is 12.2 Å². The fraction of sp³-hybridized carbons (Fsp3) is 0.300. The van der Waals surface area contributed by atoms with Gasteiger partial charge in [-0.1, -0.05) is 55.5 Å². The number of nitrogens with one attached hydrogen (secondary N) is 3. The van der Waals surface area contributed by atoms with E-state index in [2.05, 4.69) is 16.0 Å². The zero-order valence-corrected chi connectivity index (χ0v) is 22.9. The summed E-state index contributed by atoms with van der Waals surface area (Å²) in [6.07, 6.45) is 1.03. The van der Waals surface area contributed by atoms with Crippen LogP contribution in [0, 0.1) is 5.82 Å². The first kappa shape index (κ1) is 28.2. The molecule has 1 aliphatic heterocycles. The lowest BCUT2D eigenvalue weighted by atomic mass is 9.98. The Kier molecular flexibility index (Phi) is 9.59. The summed E-state index contributed by atoms with van der Waals surface area (Å²) in [4.78, 5) is 40.1. The fourth-order valence-electron chi connectivity index (χ4n) is 4.46. The summed E-state index contributed by atoms with van der Waals surface area (Å²) in [5, 5.41) is 8.46. The van der Waals surface area contributed by atoms with E-state index in [1.54, 1.807) is 11.0 Å². The fourth-order valence-corrected chi connectivity index (χ4v) is 5.56. The van der Waals surface area contributed by atoms with Crippen LogP contribution in [0.3, 0.4) is 0 Å². The minimum Gasteiger partial charge on any atom is -0.343 e. The van der Waals surface area contributed by atoms with Crippen LogP contribution in [0.4, 0.5) is 14.9 Å². The number of fused-ring (bicyclic) bond motifs is 1. The van der Waals surface area contributed by atoms with Crippen molar-refractivity contribution >= 4 is 35.3 Å². The summed E-state index contributed by atoms with van der Waals surface area (Å²) in [6.45, 7) is 5.00. The van der Waals surface area contributed by atoms with Gasteiger partial charge in [-0.2, -0.15) is 0 Å². The molecule has 1 aliphatic rings. The molecule has 0 aliphatic carbocycles. The van der Waals surface area contributed by atoms with Gasteiger partial charge in [0.2, 0.25) is 5.91 Å². The van der Waals surface area contributed by atoms with Gasteiger partial charge in [0, 0.05) is 30.2 Å². The van der Waals surface area contributed by atoms with Gasteiger partial charge in [-0.15, -0.1) is 11.8 Å². The molecule has 7 nitrogen and oxygen atoms in total. The van der Waals surface area contributed by atoms with E-state index in [0.717, 1.165) is 22.3 Å². The van der Waals surface area contributed by atoms with E-state index in [4.69, 9.17) is 0 Å². The standard InChI is InChI=1S/C30H33FN4O3S/c1-3-7-28(36)34-25-19-39-27-16-23(31)14-15-26(27)35(29(25)37)18-20-10-12-21(13-11-20)24-9-6-5-8-22(24)17-33-30(38)32-4-2/h5-6,8-16,25H,3-4,7,17-19H2,1-2H3,(H,34,36)(H2,32,33,38)/t25-/m1/s1. The number of rotatable bonds is 9. The van der Waals surface area contributed by atoms with E-state index in [1.807, 2.05) is 62.4 Å². The molecule has 3 aromatic carbocycles. The van der Waals surface area contributed by atoms with Crippen LogP contribution in [0.2, 0.25) is 0 Å². The summed E-state index contributed by atoms with van der Waals surface area (Å²) in [6, 6.07) is 19.3. The lowest BCUT2D eigenvalue weighted by molar-refractivity contribution is -0.127. The van der Waals surface area contributed by atoms with Crippen molar-refractivity contribution in [3.05, 3.63) is 83.7 Å². The maximum Gasteiger partial charge on any atom is 0.315 e. The molecule has 0 fully saturated rings. The Hall–Kier alpha value is -3.85. The summed E-state index contributed by atoms with van der Waals surface area (Å²) < 4.78 is 14.0. The molecule has 0 saturated heterocycles. The first-order valence-electron chi connectivity index (χ1n) is 13.1. The average Bonchev–Trinajstić information content (AvgIpc) is 3.05. The van der Waals surface area contributed by atoms with Gasteiger partial charge in [-0.3, -0.25) is 9.59 Å². The smallest absolute Gasteiger partial charge is 0.315 e. The number of hydrogen-bond acceptors (Lipinski definition) is 4. The SMILES string of the molecule is CCCC(=O)N[C@@H]1CSc2cc(F)ccc2N(Cc2ccc(-c3ccccc3CNC(=O)NCC)cc2)C1=O. The highest BCUT2D eigenvalue weighted by Crippen LogP contribution is 2.36. The van der Waals surface area contributed by atoms with E-state index < -0.39 is 6.04 Å². The zero-order valence-electron chi connectivity index (χ0n) is 22.1. The lowest BCUT2D eigenvalue weighted by Crippen LogP contribution is -2.49. The molecule has 4 rings (SSSR count). The van der Waals surface area contributed by atoms with Crippen LogP contribution < -0.4 is 20.9 Å². The molecule has 4 amide bonds. The molecule has 204 valence electrons. The number of thioether (sulfide) groups is 1. The number of carbonyl (C=O) groups excluding carboxylic acids is 3. The van der Waals surface area contributed by atoms with Gasteiger partial charge >= 0.3 is 6.03 Å². The van der Waals surface area contributed by atoms with Crippen LogP contribution in [-0.4, -0.2) is 36.2 Å². The second-order valence-electron chi connectivity index (χ2n) is 9.28. The predicted molar refractivity (Wildman–Crippen MR) is 153 cm³/mol. The summed E-state index contributed by atoms with van der Waals surface area (Å²) in [5.74, 6) is -0.422. The van der Waals surface area contributed by atoms with E-state index in [0.29, 0.717) is 42.3 Å². The van der Waals surface area contributed by atoms with E-state index >= 15 is 0 Å². The molecule has 1 atom stereocenters. The highest BCUT2D eigenvalue weighted by Gasteiger charge is 2.32. The second-order valence-corrected chi connectivity index (χ2v) is 10.3. The first-order valence-corrected chi connectivity index (χ1v) is 14.1. The van der Waals surface area contributed by atoms with Crippen molar-refractivity contribution in [2.24, 2.45) is 0 Å². The largest absolute Gasteiger partial charge is 0.343 e. The summed E-state index contributed by atoms with van der Waals surface area (Å²) in [5.41, 5.74) is 4.49. The molecule has 0 aromatic heterocycles. The molecule has 0 bridgehead atoms. The number of carbonyl (C=O) groups is 3. The second kappa shape index (κ2) is 13.3. The van der Waals surface area contributed by atoms with Crippen molar-refractivity contribution in [3.8, 4) is 11.1 Å². The Morgan fingerprint density at radius 1 is 1.03 bits per heavy atom. The van der Waals surface area contributed by atoms with Crippen LogP contribution in [0.5, 0.6) is 0 Å². The molecule has 9 heteroatoms. The van der Waals surface area contributed by atoms with E-state index in [1.165, 1.54) is 23.9 Å². The van der Waals surface area contributed by atoms with Crippen molar-refractivity contribution in [3.63, 3.8) is 0 Å². The van der Waals surface area contributed by atoms with Crippen LogP contribution in [0.1, 0.15) is 37.8 Å². The topological polar surface area (TPSA) is 90.5 Å². The van der Waals surface area contributed by atoms with Crippen LogP contribution in [0.25, 0.3) is 11.1 Å². The molecule has 3 N–H and O–H groups in total. The van der Waals surface area contributed by atoms with Crippen LogP contribution in [-0.2, 0) is 22.7 Å². The number of benzene rings is 3. The number of hydrogen-bond donors (Lipinski definition) is 3. The quantitative estimate of drug-likeness (QED) is 0.341. The molecule has 0 radical (unpaired) electrons. The molecule has 39 heavy (non-hydrogen) atoms. The highest BCUT2D eigenvalue weighted by molar-refractivity contribution is 7.99. The maximum atomic E-state index is 14.0. The zero-order chi connectivity index (χ0) is 27.8. The van der Waals surface area contributed by atoms with Crippen molar-refractivity contribution in [2.75, 3.05) is 17.2 Å². The molecule has 0 spiro atoms. The van der Waals surface area contributed by atoms with Gasteiger partial charge in [0.15, 0.2) is 0 Å². The Morgan fingerprint density at radius 3 is 2.54 bits per heavy atom. The van der Waals surface area contributed by atoms with Gasteiger partial charge in [0.1, 0.15) is 11.9 Å². The van der Waals surface area contributed by atoms with Gasteiger partial charge in [0.25, 0.3) is 5.91 Å². The van der Waals surface area contributed by atoms with Gasteiger partial charge in [-0.25, -0.2) is 9.18 Å². The average molecular weight is 549 g/mol. The van der Waals surface area contributed by atoms with Gasteiger partial charge < -0.3 is 20.9 Å². The third kappa shape index (κ3) is 7.17. The molecular formula is C30H33FN4O3S.